The summed E-state index contributed by atoms with van der Waals surface area (Å²) in [7, 11) is 0. The van der Waals surface area contributed by atoms with E-state index in [2.05, 4.69) is 11.8 Å². The van der Waals surface area contributed by atoms with Crippen LogP contribution in [0.2, 0.25) is 0 Å². The number of anilines is 1. The van der Waals surface area contributed by atoms with Crippen molar-refractivity contribution >= 4 is 11.7 Å². The van der Waals surface area contributed by atoms with Gasteiger partial charge in [-0.1, -0.05) is 31.9 Å². The predicted molar refractivity (Wildman–Crippen MR) is 118 cm³/mol. The number of hydrogen-bond acceptors (Lipinski definition) is 5. The maximum Gasteiger partial charge on any atom is 0.222 e. The number of nitrogens with zero attached hydrogens (tertiary/aromatic N) is 4. The molecule has 2 aromatic rings. The fraction of sp³-hybridized carbons (Fsp3) is 0.542. The van der Waals surface area contributed by atoms with Crippen LogP contribution in [0.5, 0.6) is 0 Å². The summed E-state index contributed by atoms with van der Waals surface area (Å²) in [5.74, 6) is 1.58. The second kappa shape index (κ2) is 10.2. The summed E-state index contributed by atoms with van der Waals surface area (Å²) < 4.78 is 19.2. The molecule has 2 aliphatic heterocycles. The second-order valence-electron chi connectivity index (χ2n) is 8.32. The largest absolute Gasteiger partial charge is 0.378 e. The van der Waals surface area contributed by atoms with E-state index in [-0.39, 0.29) is 11.7 Å². The average Bonchev–Trinajstić information content (AvgIpc) is 2.79. The fourth-order valence-electron chi connectivity index (χ4n) is 4.29. The van der Waals surface area contributed by atoms with Crippen molar-refractivity contribution in [3.63, 3.8) is 0 Å². The Hall–Kier alpha value is -2.54. The van der Waals surface area contributed by atoms with Gasteiger partial charge >= 0.3 is 0 Å². The van der Waals surface area contributed by atoms with Crippen LogP contribution < -0.4 is 4.90 Å². The first-order chi connectivity index (χ1) is 15.1. The van der Waals surface area contributed by atoms with Gasteiger partial charge in [-0.15, -0.1) is 0 Å². The summed E-state index contributed by atoms with van der Waals surface area (Å²) in [6, 6.07) is 6.60. The molecule has 0 atom stereocenters. The SMILES string of the molecule is CCCCCC(=O)N1CCc2nc(Cc3cccc(F)c3)nc(N3CCOCC3)c2C1. The molecule has 0 unspecified atom stereocenters. The lowest BCUT2D eigenvalue weighted by molar-refractivity contribution is -0.132. The van der Waals surface area contributed by atoms with Crippen LogP contribution in [0.3, 0.4) is 0 Å². The molecule has 1 fully saturated rings. The van der Waals surface area contributed by atoms with Crippen LogP contribution in [0.15, 0.2) is 24.3 Å². The van der Waals surface area contributed by atoms with Gasteiger partial charge in [0.2, 0.25) is 5.91 Å². The van der Waals surface area contributed by atoms with Gasteiger partial charge in [0.15, 0.2) is 0 Å². The van der Waals surface area contributed by atoms with E-state index >= 15 is 0 Å². The van der Waals surface area contributed by atoms with Crippen LogP contribution in [-0.4, -0.2) is 53.6 Å². The topological polar surface area (TPSA) is 58.6 Å². The van der Waals surface area contributed by atoms with E-state index in [1.54, 1.807) is 6.07 Å². The molecule has 0 spiro atoms. The van der Waals surface area contributed by atoms with E-state index in [4.69, 9.17) is 14.7 Å². The summed E-state index contributed by atoms with van der Waals surface area (Å²) >= 11 is 0. The van der Waals surface area contributed by atoms with Gasteiger partial charge < -0.3 is 14.5 Å². The van der Waals surface area contributed by atoms with Crippen molar-refractivity contribution in [3.05, 3.63) is 52.7 Å². The Morgan fingerprint density at radius 3 is 2.77 bits per heavy atom. The number of ether oxygens (including phenoxy) is 1. The molecule has 3 heterocycles. The molecule has 1 amide bonds. The van der Waals surface area contributed by atoms with Gasteiger partial charge in [-0.3, -0.25) is 4.79 Å². The van der Waals surface area contributed by atoms with Crippen molar-refractivity contribution in [2.45, 2.75) is 52.0 Å². The number of hydrogen-bond donors (Lipinski definition) is 0. The van der Waals surface area contributed by atoms with Gasteiger partial charge in [-0.25, -0.2) is 14.4 Å². The van der Waals surface area contributed by atoms with E-state index in [1.807, 2.05) is 11.0 Å². The van der Waals surface area contributed by atoms with Crippen LogP contribution in [0.25, 0.3) is 0 Å². The number of morpholine rings is 1. The van der Waals surface area contributed by atoms with Crippen molar-refractivity contribution in [2.75, 3.05) is 37.7 Å². The molecular weight excluding hydrogens is 395 g/mol. The van der Waals surface area contributed by atoms with E-state index in [1.165, 1.54) is 12.1 Å². The molecule has 2 aliphatic rings. The first-order valence-electron chi connectivity index (χ1n) is 11.4. The molecule has 0 bridgehead atoms. The highest BCUT2D eigenvalue weighted by Gasteiger charge is 2.28. The Balaban J connectivity index is 1.60. The van der Waals surface area contributed by atoms with Gasteiger partial charge in [-0.05, 0) is 24.1 Å². The molecule has 0 N–H and O–H groups in total. The first-order valence-corrected chi connectivity index (χ1v) is 11.4. The minimum Gasteiger partial charge on any atom is -0.378 e. The average molecular weight is 427 g/mol. The van der Waals surface area contributed by atoms with Crippen molar-refractivity contribution in [1.82, 2.24) is 14.9 Å². The van der Waals surface area contributed by atoms with Gasteiger partial charge in [0.1, 0.15) is 17.5 Å². The summed E-state index contributed by atoms with van der Waals surface area (Å²) in [4.78, 5) is 26.7. The zero-order valence-electron chi connectivity index (χ0n) is 18.3. The molecule has 166 valence electrons. The number of carbonyl (C=O) groups is 1. The van der Waals surface area contributed by atoms with Crippen LogP contribution in [0.4, 0.5) is 10.2 Å². The van der Waals surface area contributed by atoms with E-state index in [9.17, 15) is 9.18 Å². The molecule has 1 aromatic heterocycles. The van der Waals surface area contributed by atoms with E-state index in [0.717, 1.165) is 61.4 Å². The van der Waals surface area contributed by atoms with Crippen molar-refractivity contribution in [3.8, 4) is 0 Å². The number of carbonyl (C=O) groups excluding carboxylic acids is 1. The predicted octanol–water partition coefficient (Wildman–Crippen LogP) is 3.51. The summed E-state index contributed by atoms with van der Waals surface area (Å²) in [6.07, 6.45) is 4.96. The lowest BCUT2D eigenvalue weighted by atomic mass is 10.0. The first kappa shape index (κ1) is 21.7. The Labute approximate surface area is 183 Å². The maximum atomic E-state index is 13.6. The highest BCUT2D eigenvalue weighted by molar-refractivity contribution is 5.76. The lowest BCUT2D eigenvalue weighted by Crippen LogP contribution is -2.41. The normalized spacial score (nSPS) is 16.3. The number of rotatable bonds is 7. The minimum absolute atomic E-state index is 0.218. The number of fused-ring (bicyclic) bond motifs is 1. The Morgan fingerprint density at radius 2 is 2.00 bits per heavy atom. The molecule has 31 heavy (non-hydrogen) atoms. The standard InChI is InChI=1S/C24H31FN4O2/c1-2-3-4-8-23(30)29-10-9-21-20(17-29)24(28-11-13-31-14-12-28)27-22(26-21)16-18-6-5-7-19(25)15-18/h5-7,15H,2-4,8-14,16-17H2,1H3. The van der Waals surface area contributed by atoms with Gasteiger partial charge in [0, 0.05) is 44.5 Å². The third-order valence-electron chi connectivity index (χ3n) is 5.99. The number of aromatic nitrogens is 2. The van der Waals surface area contributed by atoms with Crippen LogP contribution in [0.1, 0.15) is 55.3 Å². The van der Waals surface area contributed by atoms with Gasteiger partial charge in [-0.2, -0.15) is 0 Å². The van der Waals surface area contributed by atoms with Crippen LogP contribution in [-0.2, 0) is 28.9 Å². The second-order valence-corrected chi connectivity index (χ2v) is 8.32. The smallest absolute Gasteiger partial charge is 0.222 e. The highest BCUT2D eigenvalue weighted by Crippen LogP contribution is 2.28. The molecule has 1 aromatic carbocycles. The van der Waals surface area contributed by atoms with Gasteiger partial charge in [0.25, 0.3) is 0 Å². The van der Waals surface area contributed by atoms with Crippen molar-refractivity contribution in [2.24, 2.45) is 0 Å². The summed E-state index contributed by atoms with van der Waals surface area (Å²) in [5.41, 5.74) is 2.93. The maximum absolute atomic E-state index is 13.6. The number of benzene rings is 1. The minimum atomic E-state index is -0.249. The van der Waals surface area contributed by atoms with E-state index < -0.39 is 0 Å². The quantitative estimate of drug-likeness (QED) is 0.634. The molecule has 0 saturated carbocycles. The van der Waals surface area contributed by atoms with Crippen LogP contribution in [0, 0.1) is 5.82 Å². The molecule has 6 nitrogen and oxygen atoms in total. The highest BCUT2D eigenvalue weighted by atomic mass is 19.1. The molecule has 7 heteroatoms. The molecule has 0 radical (unpaired) electrons. The molecular formula is C24H31FN4O2. The zero-order chi connectivity index (χ0) is 21.6. The number of unbranched alkanes of at least 4 members (excludes halogenated alkanes) is 2. The summed E-state index contributed by atoms with van der Waals surface area (Å²) in [5, 5.41) is 0. The third-order valence-corrected chi connectivity index (χ3v) is 5.99. The van der Waals surface area contributed by atoms with Crippen molar-refractivity contribution in [1.29, 1.82) is 0 Å². The van der Waals surface area contributed by atoms with Crippen molar-refractivity contribution < 1.29 is 13.9 Å². The number of halogens is 1. The van der Waals surface area contributed by atoms with Crippen LogP contribution >= 0.6 is 0 Å². The molecule has 0 aliphatic carbocycles. The Morgan fingerprint density at radius 1 is 1.16 bits per heavy atom. The number of amides is 1. The lowest BCUT2D eigenvalue weighted by Gasteiger charge is -2.34. The molecule has 1 saturated heterocycles. The monoisotopic (exact) mass is 426 g/mol. The molecule has 4 rings (SSSR count). The Bertz CT molecular complexity index is 914. The summed E-state index contributed by atoms with van der Waals surface area (Å²) in [6.45, 7) is 6.27. The van der Waals surface area contributed by atoms with Gasteiger partial charge in [0.05, 0.1) is 25.5 Å². The van der Waals surface area contributed by atoms with E-state index in [0.29, 0.717) is 45.0 Å². The Kier molecular flexibility index (Phi) is 7.12. The zero-order valence-corrected chi connectivity index (χ0v) is 18.3. The third kappa shape index (κ3) is 5.39. The fourth-order valence-corrected chi connectivity index (χ4v) is 4.29.